The second-order valence-corrected chi connectivity index (χ2v) is 3.16. The third-order valence-electron chi connectivity index (χ3n) is 1.43. The largest absolute Gasteiger partial charge is 0.396 e. The maximum absolute atomic E-state index is 5.68. The Morgan fingerprint density at radius 3 is 2.83 bits per heavy atom. The molecule has 0 amide bonds. The molecule has 0 spiro atoms. The highest BCUT2D eigenvalue weighted by molar-refractivity contribution is 9.10. The van der Waals surface area contributed by atoms with Crippen LogP contribution in [0.3, 0.4) is 0 Å². The lowest BCUT2D eigenvalue weighted by Gasteiger charge is -2.16. The summed E-state index contributed by atoms with van der Waals surface area (Å²) in [6.07, 6.45) is 1.67. The van der Waals surface area contributed by atoms with E-state index in [1.165, 1.54) is 5.06 Å². The van der Waals surface area contributed by atoms with Crippen LogP contribution in [0.2, 0.25) is 0 Å². The fraction of sp³-hybridized carbons (Fsp3) is 0.286. The Balaban J connectivity index is 3.01. The fourth-order valence-corrected chi connectivity index (χ4v) is 1.15. The van der Waals surface area contributed by atoms with Crippen LogP contribution in [0.1, 0.15) is 0 Å². The number of hydroxylamine groups is 1. The van der Waals surface area contributed by atoms with E-state index in [1.807, 2.05) is 0 Å². The molecule has 0 unspecified atom stereocenters. The average Bonchev–Trinajstić information content (AvgIpc) is 2.03. The number of nitrogens with two attached hydrogens (primary N) is 1. The van der Waals surface area contributed by atoms with Gasteiger partial charge in [0.05, 0.1) is 12.8 Å². The van der Waals surface area contributed by atoms with E-state index in [1.54, 1.807) is 26.4 Å². The smallest absolute Gasteiger partial charge is 0.175 e. The quantitative estimate of drug-likeness (QED) is 0.783. The van der Waals surface area contributed by atoms with Gasteiger partial charge in [-0.1, -0.05) is 0 Å². The number of hydrogen-bond donors (Lipinski definition) is 1. The molecule has 2 N–H and O–H groups in total. The number of halogens is 1. The van der Waals surface area contributed by atoms with Crippen LogP contribution in [-0.2, 0) is 4.84 Å². The van der Waals surface area contributed by atoms with Crippen LogP contribution in [0.4, 0.5) is 11.5 Å². The lowest BCUT2D eigenvalue weighted by molar-refractivity contribution is 0.183. The summed E-state index contributed by atoms with van der Waals surface area (Å²) >= 11 is 3.27. The first-order chi connectivity index (χ1) is 5.65. The van der Waals surface area contributed by atoms with Crippen LogP contribution in [0.5, 0.6) is 0 Å². The average molecular weight is 232 g/mol. The normalized spacial score (nSPS) is 9.92. The molecule has 1 heterocycles. The minimum Gasteiger partial charge on any atom is -0.396 e. The Morgan fingerprint density at radius 1 is 1.67 bits per heavy atom. The molecule has 1 aromatic heterocycles. The second-order valence-electron chi connectivity index (χ2n) is 2.25. The van der Waals surface area contributed by atoms with Gasteiger partial charge in [0.15, 0.2) is 5.82 Å². The molecule has 0 aliphatic rings. The van der Waals surface area contributed by atoms with Crippen molar-refractivity contribution in [3.05, 3.63) is 16.7 Å². The summed E-state index contributed by atoms with van der Waals surface area (Å²) in [6, 6.07) is 1.78. The molecule has 0 aliphatic carbocycles. The van der Waals surface area contributed by atoms with Gasteiger partial charge in [-0.05, 0) is 22.0 Å². The van der Waals surface area contributed by atoms with E-state index in [4.69, 9.17) is 10.6 Å². The summed E-state index contributed by atoms with van der Waals surface area (Å²) in [5.74, 6) is 0.612. The molecule has 5 heteroatoms. The maximum Gasteiger partial charge on any atom is 0.175 e. The molecule has 0 bridgehead atoms. The van der Waals surface area contributed by atoms with Crippen LogP contribution in [-0.4, -0.2) is 19.1 Å². The minimum atomic E-state index is 0.578. The maximum atomic E-state index is 5.68. The zero-order valence-corrected chi connectivity index (χ0v) is 8.50. The Bertz CT molecular complexity index is 279. The number of nitrogens with zero attached hydrogens (tertiary/aromatic N) is 2. The minimum absolute atomic E-state index is 0.578. The van der Waals surface area contributed by atoms with E-state index in [-0.39, 0.29) is 0 Å². The highest BCUT2D eigenvalue weighted by Gasteiger charge is 2.05. The van der Waals surface area contributed by atoms with Gasteiger partial charge in [-0.3, -0.25) is 4.84 Å². The molecular weight excluding hydrogens is 222 g/mol. The Labute approximate surface area is 79.4 Å². The topological polar surface area (TPSA) is 51.4 Å². The SMILES string of the molecule is CON(C)c1ncc(Br)cc1N. The summed E-state index contributed by atoms with van der Waals surface area (Å²) < 4.78 is 0.855. The monoisotopic (exact) mass is 231 g/mol. The predicted octanol–water partition coefficient (Wildman–Crippen LogP) is 1.42. The molecule has 12 heavy (non-hydrogen) atoms. The summed E-state index contributed by atoms with van der Waals surface area (Å²) in [6.45, 7) is 0. The third kappa shape index (κ3) is 1.86. The number of anilines is 2. The van der Waals surface area contributed by atoms with Gasteiger partial charge in [0.2, 0.25) is 0 Å². The van der Waals surface area contributed by atoms with E-state index < -0.39 is 0 Å². The standard InChI is InChI=1S/C7H10BrN3O/c1-11(12-2)7-6(9)3-5(8)4-10-7/h3-4H,9H2,1-2H3. The van der Waals surface area contributed by atoms with E-state index >= 15 is 0 Å². The van der Waals surface area contributed by atoms with E-state index in [2.05, 4.69) is 20.9 Å². The number of nitrogen functional groups attached to an aromatic ring is 1. The van der Waals surface area contributed by atoms with Crippen molar-refractivity contribution in [3.63, 3.8) is 0 Å². The first-order valence-corrected chi connectivity index (χ1v) is 4.13. The highest BCUT2D eigenvalue weighted by atomic mass is 79.9. The molecule has 0 radical (unpaired) electrons. The summed E-state index contributed by atoms with van der Waals surface area (Å²) in [5, 5.41) is 1.50. The van der Waals surface area contributed by atoms with Crippen molar-refractivity contribution in [3.8, 4) is 0 Å². The van der Waals surface area contributed by atoms with Crippen LogP contribution < -0.4 is 10.8 Å². The highest BCUT2D eigenvalue weighted by Crippen LogP contribution is 2.22. The molecule has 0 aliphatic heterocycles. The van der Waals surface area contributed by atoms with Crippen molar-refractivity contribution in [2.75, 3.05) is 25.0 Å². The van der Waals surface area contributed by atoms with Gasteiger partial charge in [0.25, 0.3) is 0 Å². The van der Waals surface area contributed by atoms with Gasteiger partial charge in [-0.15, -0.1) is 0 Å². The Morgan fingerprint density at radius 2 is 2.33 bits per heavy atom. The first kappa shape index (κ1) is 9.28. The van der Waals surface area contributed by atoms with Crippen LogP contribution in [0.15, 0.2) is 16.7 Å². The van der Waals surface area contributed by atoms with E-state index in [0.29, 0.717) is 11.5 Å². The Kier molecular flexibility index (Phi) is 2.88. The van der Waals surface area contributed by atoms with Gasteiger partial charge in [0.1, 0.15) is 0 Å². The van der Waals surface area contributed by atoms with Gasteiger partial charge in [0, 0.05) is 17.7 Å². The second kappa shape index (κ2) is 3.73. The summed E-state index contributed by atoms with van der Waals surface area (Å²) in [4.78, 5) is 9.01. The van der Waals surface area contributed by atoms with Crippen molar-refractivity contribution in [2.24, 2.45) is 0 Å². The molecule has 0 aromatic carbocycles. The van der Waals surface area contributed by atoms with Gasteiger partial charge >= 0.3 is 0 Å². The van der Waals surface area contributed by atoms with Crippen molar-refractivity contribution < 1.29 is 4.84 Å². The lowest BCUT2D eigenvalue weighted by atomic mass is 10.4. The molecule has 1 aromatic rings. The van der Waals surface area contributed by atoms with Crippen molar-refractivity contribution in [2.45, 2.75) is 0 Å². The zero-order valence-electron chi connectivity index (χ0n) is 6.91. The fourth-order valence-electron chi connectivity index (χ4n) is 0.797. The predicted molar refractivity (Wildman–Crippen MR) is 51.8 cm³/mol. The van der Waals surface area contributed by atoms with E-state index in [0.717, 1.165) is 4.47 Å². The molecular formula is C7H10BrN3O. The first-order valence-electron chi connectivity index (χ1n) is 3.34. The van der Waals surface area contributed by atoms with Crippen molar-refractivity contribution in [1.29, 1.82) is 0 Å². The molecule has 0 fully saturated rings. The molecule has 0 saturated heterocycles. The number of rotatable bonds is 2. The number of pyridine rings is 1. The number of aromatic nitrogens is 1. The number of hydrogen-bond acceptors (Lipinski definition) is 4. The molecule has 0 saturated carbocycles. The van der Waals surface area contributed by atoms with Crippen LogP contribution >= 0.6 is 15.9 Å². The van der Waals surface area contributed by atoms with Gasteiger partial charge in [-0.2, -0.15) is 0 Å². The lowest BCUT2D eigenvalue weighted by Crippen LogP contribution is -2.17. The Hall–Kier alpha value is -0.810. The van der Waals surface area contributed by atoms with Crippen molar-refractivity contribution in [1.82, 2.24) is 4.98 Å². The summed E-state index contributed by atoms with van der Waals surface area (Å²) in [5.41, 5.74) is 6.26. The molecule has 66 valence electrons. The van der Waals surface area contributed by atoms with Crippen LogP contribution in [0.25, 0.3) is 0 Å². The van der Waals surface area contributed by atoms with Crippen molar-refractivity contribution >= 4 is 27.4 Å². The van der Waals surface area contributed by atoms with Gasteiger partial charge < -0.3 is 5.73 Å². The van der Waals surface area contributed by atoms with Crippen LogP contribution in [0, 0.1) is 0 Å². The molecule has 4 nitrogen and oxygen atoms in total. The third-order valence-corrected chi connectivity index (χ3v) is 1.87. The summed E-state index contributed by atoms with van der Waals surface area (Å²) in [7, 11) is 3.30. The van der Waals surface area contributed by atoms with E-state index in [9.17, 15) is 0 Å². The molecule has 1 rings (SSSR count). The zero-order chi connectivity index (χ0) is 9.14. The molecule has 0 atom stereocenters. The van der Waals surface area contributed by atoms with Gasteiger partial charge in [-0.25, -0.2) is 10.0 Å².